The fraction of sp³-hybridized carbons (Fsp3) is 0.500. The number of nitrogens with zero attached hydrogens (tertiary/aromatic N) is 5. The van der Waals surface area contributed by atoms with Gasteiger partial charge in [0.25, 0.3) is 0 Å². The van der Waals surface area contributed by atoms with Gasteiger partial charge in [-0.3, -0.25) is 0 Å². The second kappa shape index (κ2) is 9.34. The van der Waals surface area contributed by atoms with E-state index in [1.165, 1.54) is 0 Å². The predicted molar refractivity (Wildman–Crippen MR) is 108 cm³/mol. The number of ether oxygens (including phenoxy) is 2. The van der Waals surface area contributed by atoms with Crippen LogP contribution in [0.25, 0.3) is 5.65 Å². The molecule has 3 rings (SSSR count). The van der Waals surface area contributed by atoms with Crippen LogP contribution in [-0.2, 0) is 6.42 Å². The number of anilines is 1. The third-order valence-electron chi connectivity index (χ3n) is 4.55. The summed E-state index contributed by atoms with van der Waals surface area (Å²) in [6.07, 6.45) is 8.13. The molecule has 0 aromatic carbocycles. The number of unbranched alkanes of at least 4 members (excludes halogenated alkanes) is 1. The zero-order valence-corrected chi connectivity index (χ0v) is 16.8. The van der Waals surface area contributed by atoms with E-state index in [1.54, 1.807) is 10.7 Å². The summed E-state index contributed by atoms with van der Waals surface area (Å²) in [7, 11) is 0. The van der Waals surface area contributed by atoms with Gasteiger partial charge in [0.15, 0.2) is 11.5 Å². The molecule has 150 valence electrons. The van der Waals surface area contributed by atoms with Crippen LogP contribution < -0.4 is 15.2 Å². The third kappa shape index (κ3) is 4.68. The van der Waals surface area contributed by atoms with E-state index in [9.17, 15) is 0 Å². The highest BCUT2D eigenvalue weighted by Crippen LogP contribution is 2.19. The zero-order chi connectivity index (χ0) is 19.9. The molecule has 0 saturated heterocycles. The van der Waals surface area contributed by atoms with Crippen molar-refractivity contribution in [3.63, 3.8) is 0 Å². The first kappa shape index (κ1) is 19.9. The number of pyridine rings is 1. The molecule has 0 atom stereocenters. The van der Waals surface area contributed by atoms with Crippen molar-refractivity contribution in [2.75, 3.05) is 12.3 Å². The maximum Gasteiger partial charge on any atom is 0.336 e. The molecule has 3 aromatic rings. The van der Waals surface area contributed by atoms with Crippen molar-refractivity contribution in [2.45, 2.75) is 59.0 Å². The Bertz CT molecular complexity index is 890. The predicted octanol–water partition coefficient (Wildman–Crippen LogP) is 3.44. The van der Waals surface area contributed by atoms with Crippen LogP contribution in [-0.4, -0.2) is 37.3 Å². The lowest BCUT2D eigenvalue weighted by Crippen LogP contribution is -2.17. The number of aromatic nitrogens is 5. The van der Waals surface area contributed by atoms with Gasteiger partial charge in [-0.2, -0.15) is 4.98 Å². The van der Waals surface area contributed by atoms with Gasteiger partial charge in [-0.05, 0) is 24.8 Å². The van der Waals surface area contributed by atoms with Gasteiger partial charge >= 0.3 is 6.01 Å². The summed E-state index contributed by atoms with van der Waals surface area (Å²) >= 11 is 0. The van der Waals surface area contributed by atoms with Crippen LogP contribution in [0.3, 0.4) is 0 Å². The minimum absolute atomic E-state index is 0.0632. The minimum atomic E-state index is 0.0632. The number of nitrogens with two attached hydrogens (primary N) is 1. The molecule has 0 unspecified atom stereocenters. The highest BCUT2D eigenvalue weighted by atomic mass is 16.5. The summed E-state index contributed by atoms with van der Waals surface area (Å²) in [4.78, 5) is 13.0. The lowest BCUT2D eigenvalue weighted by molar-refractivity contribution is 0.174. The van der Waals surface area contributed by atoms with Crippen LogP contribution >= 0.6 is 0 Å². The van der Waals surface area contributed by atoms with Gasteiger partial charge in [0.1, 0.15) is 6.10 Å². The lowest BCUT2D eigenvalue weighted by atomic mass is 10.2. The second-order valence-electron chi connectivity index (χ2n) is 6.70. The molecule has 0 bridgehead atoms. The topological polar surface area (TPSA) is 100 Å². The van der Waals surface area contributed by atoms with Crippen LogP contribution in [0.2, 0.25) is 0 Å². The number of nitrogen functional groups attached to an aromatic ring is 1. The standard InChI is InChI=1S/C20H28N6O2/c1-4-7-10-27-17-9-8-14(12-22-17)11-15-13-23-19-18(21)24-20(25-26(15)19)28-16(5-2)6-3/h8-9,12-13,16H,4-7,10-11H2,1-3H3,(H2,21,24,25). The second-order valence-corrected chi connectivity index (χ2v) is 6.70. The summed E-state index contributed by atoms with van der Waals surface area (Å²) in [5, 5.41) is 4.49. The van der Waals surface area contributed by atoms with Gasteiger partial charge in [-0.25, -0.2) is 14.5 Å². The average Bonchev–Trinajstić information content (AvgIpc) is 3.11. The summed E-state index contributed by atoms with van der Waals surface area (Å²) in [5.41, 5.74) is 8.50. The van der Waals surface area contributed by atoms with E-state index in [-0.39, 0.29) is 12.1 Å². The Labute approximate surface area is 165 Å². The van der Waals surface area contributed by atoms with E-state index in [0.717, 1.165) is 36.9 Å². The quantitative estimate of drug-likeness (QED) is 0.534. The summed E-state index contributed by atoms with van der Waals surface area (Å²) in [6.45, 7) is 6.96. The van der Waals surface area contributed by atoms with Crippen molar-refractivity contribution in [2.24, 2.45) is 0 Å². The van der Waals surface area contributed by atoms with E-state index < -0.39 is 0 Å². The Morgan fingerprint density at radius 3 is 2.61 bits per heavy atom. The number of hydrogen-bond donors (Lipinski definition) is 1. The average molecular weight is 384 g/mol. The van der Waals surface area contributed by atoms with Crippen molar-refractivity contribution in [3.05, 3.63) is 35.8 Å². The molecule has 0 aliphatic carbocycles. The van der Waals surface area contributed by atoms with Gasteiger partial charge in [0.2, 0.25) is 5.88 Å². The van der Waals surface area contributed by atoms with Crippen molar-refractivity contribution in [1.82, 2.24) is 24.6 Å². The van der Waals surface area contributed by atoms with Gasteiger partial charge in [0.05, 0.1) is 18.5 Å². The maximum absolute atomic E-state index is 6.06. The smallest absolute Gasteiger partial charge is 0.336 e. The Hall–Kier alpha value is -2.90. The van der Waals surface area contributed by atoms with Crippen molar-refractivity contribution in [1.29, 1.82) is 0 Å². The van der Waals surface area contributed by atoms with Crippen molar-refractivity contribution >= 4 is 11.5 Å². The fourth-order valence-electron chi connectivity index (χ4n) is 2.83. The first-order chi connectivity index (χ1) is 13.6. The molecular formula is C20H28N6O2. The molecule has 2 N–H and O–H groups in total. The third-order valence-corrected chi connectivity index (χ3v) is 4.55. The molecule has 8 heteroatoms. The van der Waals surface area contributed by atoms with Crippen LogP contribution in [0.15, 0.2) is 24.5 Å². The van der Waals surface area contributed by atoms with Crippen LogP contribution in [0, 0.1) is 0 Å². The molecule has 0 aliphatic rings. The fourth-order valence-corrected chi connectivity index (χ4v) is 2.83. The van der Waals surface area contributed by atoms with E-state index >= 15 is 0 Å². The molecule has 0 radical (unpaired) electrons. The van der Waals surface area contributed by atoms with Crippen LogP contribution in [0.4, 0.5) is 5.82 Å². The molecule has 0 amide bonds. The van der Waals surface area contributed by atoms with Gasteiger partial charge in [-0.1, -0.05) is 33.3 Å². The van der Waals surface area contributed by atoms with E-state index in [0.29, 0.717) is 30.4 Å². The molecule has 0 spiro atoms. The first-order valence-corrected chi connectivity index (χ1v) is 9.89. The number of rotatable bonds is 10. The Kier molecular flexibility index (Phi) is 6.62. The van der Waals surface area contributed by atoms with Crippen LogP contribution in [0.1, 0.15) is 57.7 Å². The van der Waals surface area contributed by atoms with E-state index in [1.807, 2.05) is 18.3 Å². The zero-order valence-electron chi connectivity index (χ0n) is 16.8. The van der Waals surface area contributed by atoms with Gasteiger partial charge in [-0.15, -0.1) is 5.10 Å². The monoisotopic (exact) mass is 384 g/mol. The molecule has 0 aliphatic heterocycles. The Balaban J connectivity index is 1.78. The largest absolute Gasteiger partial charge is 0.478 e. The van der Waals surface area contributed by atoms with Crippen molar-refractivity contribution in [3.8, 4) is 11.9 Å². The first-order valence-electron chi connectivity index (χ1n) is 9.89. The lowest BCUT2D eigenvalue weighted by Gasteiger charge is -2.14. The maximum atomic E-state index is 6.06. The SMILES string of the molecule is CCCCOc1ccc(Cc2cnc3c(N)nc(OC(CC)CC)nn23)cn1. The summed E-state index contributed by atoms with van der Waals surface area (Å²) in [6, 6.07) is 4.16. The molecule has 3 heterocycles. The molecule has 3 aromatic heterocycles. The molecule has 8 nitrogen and oxygen atoms in total. The van der Waals surface area contributed by atoms with Gasteiger partial charge in [0, 0.05) is 18.7 Å². The molecule has 0 fully saturated rings. The molecular weight excluding hydrogens is 356 g/mol. The van der Waals surface area contributed by atoms with E-state index in [2.05, 4.69) is 40.8 Å². The summed E-state index contributed by atoms with van der Waals surface area (Å²) in [5.74, 6) is 0.947. The van der Waals surface area contributed by atoms with Crippen LogP contribution in [0.5, 0.6) is 11.9 Å². The minimum Gasteiger partial charge on any atom is -0.478 e. The van der Waals surface area contributed by atoms with Crippen molar-refractivity contribution < 1.29 is 9.47 Å². The molecule has 0 saturated carbocycles. The number of imidazole rings is 1. The number of hydrogen-bond acceptors (Lipinski definition) is 7. The Morgan fingerprint density at radius 1 is 1.11 bits per heavy atom. The molecule has 28 heavy (non-hydrogen) atoms. The van der Waals surface area contributed by atoms with Gasteiger partial charge < -0.3 is 15.2 Å². The highest BCUT2D eigenvalue weighted by molar-refractivity contribution is 5.59. The highest BCUT2D eigenvalue weighted by Gasteiger charge is 2.15. The van der Waals surface area contributed by atoms with E-state index in [4.69, 9.17) is 15.2 Å². The Morgan fingerprint density at radius 2 is 1.93 bits per heavy atom. The normalized spacial score (nSPS) is 11.3. The number of fused-ring (bicyclic) bond motifs is 1. The summed E-state index contributed by atoms with van der Waals surface area (Å²) < 4.78 is 13.2.